The standard InChI is InChI=1S/C40H53N5O13/c1-9-15-40(39(52)53-8)18-31(54-24(4)46)34(42-33(50)21-45-20-30(43-44-45)28-13-11-10-12-14-28)37(58-40)36(57-27(7)49)32(55-25(5)47)19-41-38(51)29-16-22(2)35(23(3)17-29)56-26(6)48/h9,16-17,20,28,31-32,34,36-37H,1,10-15,18-19,21H2,2-8H3,(H,41,51)(H,42,50)/t31-,32+,34+,36+,37+,40+/m0/s1. The summed E-state index contributed by atoms with van der Waals surface area (Å²) in [7, 11) is 1.13. The maximum Gasteiger partial charge on any atom is 0.338 e. The first-order valence-corrected chi connectivity index (χ1v) is 19.1. The Kier molecular flexibility index (Phi) is 15.7. The summed E-state index contributed by atoms with van der Waals surface area (Å²) in [5, 5.41) is 13.9. The van der Waals surface area contributed by atoms with Gasteiger partial charge < -0.3 is 39.1 Å². The van der Waals surface area contributed by atoms with Gasteiger partial charge in [0.05, 0.1) is 25.4 Å². The summed E-state index contributed by atoms with van der Waals surface area (Å²) in [5.74, 6) is -4.67. The van der Waals surface area contributed by atoms with E-state index in [0.717, 1.165) is 65.7 Å². The molecular formula is C40H53N5O13. The van der Waals surface area contributed by atoms with E-state index in [2.05, 4.69) is 27.5 Å². The van der Waals surface area contributed by atoms with Crippen LogP contribution in [0.3, 0.4) is 0 Å². The van der Waals surface area contributed by atoms with E-state index in [4.69, 9.17) is 28.4 Å². The largest absolute Gasteiger partial charge is 0.467 e. The molecule has 6 atom stereocenters. The zero-order valence-corrected chi connectivity index (χ0v) is 34.0. The third-order valence-electron chi connectivity index (χ3n) is 9.95. The van der Waals surface area contributed by atoms with E-state index < -0.39 is 84.3 Å². The van der Waals surface area contributed by atoms with Crippen molar-refractivity contribution in [1.82, 2.24) is 25.6 Å². The van der Waals surface area contributed by atoms with Gasteiger partial charge in [-0.1, -0.05) is 30.6 Å². The smallest absolute Gasteiger partial charge is 0.338 e. The topological polar surface area (TPSA) is 230 Å². The first-order valence-electron chi connectivity index (χ1n) is 19.1. The van der Waals surface area contributed by atoms with Gasteiger partial charge in [-0.25, -0.2) is 9.48 Å². The van der Waals surface area contributed by atoms with Crippen LogP contribution in [0.25, 0.3) is 0 Å². The van der Waals surface area contributed by atoms with Crippen molar-refractivity contribution in [3.63, 3.8) is 0 Å². The Bertz CT molecular complexity index is 1850. The van der Waals surface area contributed by atoms with Gasteiger partial charge in [-0.05, 0) is 49.9 Å². The van der Waals surface area contributed by atoms with Crippen molar-refractivity contribution < 1.29 is 62.0 Å². The van der Waals surface area contributed by atoms with E-state index in [0.29, 0.717) is 16.9 Å². The molecule has 2 heterocycles. The Hall–Kier alpha value is -5.65. The molecule has 4 rings (SSSR count). The van der Waals surface area contributed by atoms with Gasteiger partial charge in [0.1, 0.15) is 24.5 Å². The van der Waals surface area contributed by atoms with Crippen LogP contribution in [0.1, 0.15) is 106 Å². The first kappa shape index (κ1) is 45.1. The molecule has 1 saturated carbocycles. The second-order valence-corrected chi connectivity index (χ2v) is 14.6. The molecule has 0 spiro atoms. The molecule has 18 heteroatoms. The third-order valence-corrected chi connectivity index (χ3v) is 9.95. The van der Waals surface area contributed by atoms with Crippen LogP contribution in [0.5, 0.6) is 5.75 Å². The average molecular weight is 812 g/mol. The van der Waals surface area contributed by atoms with E-state index in [1.54, 1.807) is 20.0 Å². The van der Waals surface area contributed by atoms with Crippen molar-refractivity contribution in [2.75, 3.05) is 13.7 Å². The Morgan fingerprint density at radius 3 is 2.19 bits per heavy atom. The minimum atomic E-state index is -1.90. The maximum atomic E-state index is 13.8. The van der Waals surface area contributed by atoms with Crippen LogP contribution in [0.2, 0.25) is 0 Å². The predicted molar refractivity (Wildman–Crippen MR) is 203 cm³/mol. The van der Waals surface area contributed by atoms with Gasteiger partial charge in [-0.2, -0.15) is 0 Å². The highest BCUT2D eigenvalue weighted by atomic mass is 16.6. The van der Waals surface area contributed by atoms with Crippen molar-refractivity contribution in [3.8, 4) is 5.75 Å². The Morgan fingerprint density at radius 2 is 1.62 bits per heavy atom. The fourth-order valence-electron chi connectivity index (χ4n) is 7.61. The van der Waals surface area contributed by atoms with E-state index in [-0.39, 0.29) is 30.9 Å². The Balaban J connectivity index is 1.74. The number of aryl methyl sites for hydroxylation is 2. The molecule has 0 radical (unpaired) electrons. The van der Waals surface area contributed by atoms with Crippen LogP contribution in [-0.4, -0.2) is 106 Å². The van der Waals surface area contributed by atoms with E-state index in [9.17, 15) is 33.6 Å². The fraction of sp³-hybridized carbons (Fsp3) is 0.575. The number of hydrogen-bond donors (Lipinski definition) is 2. The van der Waals surface area contributed by atoms with Crippen LogP contribution >= 0.6 is 0 Å². The van der Waals surface area contributed by atoms with Gasteiger partial charge in [0, 0.05) is 58.2 Å². The first-order chi connectivity index (χ1) is 27.5. The minimum absolute atomic E-state index is 0.168. The van der Waals surface area contributed by atoms with Crippen LogP contribution < -0.4 is 15.4 Å². The lowest BCUT2D eigenvalue weighted by molar-refractivity contribution is -0.239. The fourth-order valence-corrected chi connectivity index (χ4v) is 7.61. The molecule has 2 amide bonds. The summed E-state index contributed by atoms with van der Waals surface area (Å²) in [6.45, 7) is 10.8. The highest BCUT2D eigenvalue weighted by Crippen LogP contribution is 2.38. The monoisotopic (exact) mass is 811 g/mol. The summed E-state index contributed by atoms with van der Waals surface area (Å²) in [6.07, 6.45) is 1.74. The maximum absolute atomic E-state index is 13.8. The van der Waals surface area contributed by atoms with Gasteiger partial charge in [-0.15, -0.1) is 11.7 Å². The average Bonchev–Trinajstić information content (AvgIpc) is 3.62. The molecule has 1 aromatic carbocycles. The van der Waals surface area contributed by atoms with Crippen molar-refractivity contribution >= 4 is 41.7 Å². The molecule has 58 heavy (non-hydrogen) atoms. The van der Waals surface area contributed by atoms with Gasteiger partial charge in [0.2, 0.25) is 5.91 Å². The summed E-state index contributed by atoms with van der Waals surface area (Å²) in [4.78, 5) is 90.6. The molecule has 2 N–H and O–H groups in total. The van der Waals surface area contributed by atoms with Crippen molar-refractivity contribution in [2.45, 2.75) is 135 Å². The summed E-state index contributed by atoms with van der Waals surface area (Å²) in [6, 6.07) is 1.65. The van der Waals surface area contributed by atoms with Crippen LogP contribution in [0.4, 0.5) is 0 Å². The number of benzene rings is 1. The molecule has 1 aromatic heterocycles. The second kappa shape index (κ2) is 20.2. The second-order valence-electron chi connectivity index (χ2n) is 14.6. The third kappa shape index (κ3) is 11.7. The number of carbonyl (C=O) groups is 7. The lowest BCUT2D eigenvalue weighted by atomic mass is 9.81. The quantitative estimate of drug-likeness (QED) is 0.107. The van der Waals surface area contributed by atoms with Crippen molar-refractivity contribution in [3.05, 3.63) is 53.4 Å². The molecule has 1 saturated heterocycles. The molecule has 1 aliphatic carbocycles. The highest BCUT2D eigenvalue weighted by Gasteiger charge is 2.57. The number of nitrogens with one attached hydrogen (secondary N) is 2. The van der Waals surface area contributed by atoms with Gasteiger partial charge >= 0.3 is 29.8 Å². The number of hydrogen-bond acceptors (Lipinski definition) is 15. The van der Waals surface area contributed by atoms with Gasteiger partial charge in [0.15, 0.2) is 17.8 Å². The number of amides is 2. The predicted octanol–water partition coefficient (Wildman–Crippen LogP) is 2.85. The molecule has 2 aliphatic rings. The molecule has 2 fully saturated rings. The number of nitrogens with zero attached hydrogens (tertiary/aromatic N) is 3. The molecule has 2 aromatic rings. The number of aromatic nitrogens is 3. The molecule has 18 nitrogen and oxygen atoms in total. The lowest BCUT2D eigenvalue weighted by Crippen LogP contribution is -2.69. The van der Waals surface area contributed by atoms with Crippen LogP contribution in [0, 0.1) is 13.8 Å². The molecule has 0 unspecified atom stereocenters. The van der Waals surface area contributed by atoms with E-state index >= 15 is 0 Å². The summed E-state index contributed by atoms with van der Waals surface area (Å²) < 4.78 is 35.5. The van der Waals surface area contributed by atoms with Crippen molar-refractivity contribution in [1.29, 1.82) is 0 Å². The zero-order valence-electron chi connectivity index (χ0n) is 34.0. The number of esters is 5. The number of ether oxygens (including phenoxy) is 6. The molecule has 316 valence electrons. The van der Waals surface area contributed by atoms with E-state index in [1.807, 2.05) is 0 Å². The Morgan fingerprint density at radius 1 is 0.966 bits per heavy atom. The molecule has 1 aliphatic heterocycles. The SMILES string of the molecule is C=CC[C@]1(C(=O)OC)C[C@H](OC(C)=O)[C@@H](NC(=O)Cn2cc(C3CCCCC3)nn2)[C@H]([C@H](OC(C)=O)[C@@H](CNC(=O)c2cc(C)c(OC(C)=O)c(C)c2)OC(C)=O)O1. The lowest BCUT2D eigenvalue weighted by Gasteiger charge is -2.49. The highest BCUT2D eigenvalue weighted by molar-refractivity contribution is 5.95. The summed E-state index contributed by atoms with van der Waals surface area (Å²) >= 11 is 0. The minimum Gasteiger partial charge on any atom is -0.467 e. The van der Waals surface area contributed by atoms with Gasteiger partial charge in [-0.3, -0.25) is 28.8 Å². The molecule has 0 bridgehead atoms. The Labute approximate surface area is 336 Å². The van der Waals surface area contributed by atoms with Crippen molar-refractivity contribution in [2.24, 2.45) is 0 Å². The van der Waals surface area contributed by atoms with Crippen LogP contribution in [-0.2, 0) is 59.0 Å². The molecular weight excluding hydrogens is 758 g/mol. The summed E-state index contributed by atoms with van der Waals surface area (Å²) in [5.41, 5.74) is 0.0322. The van der Waals surface area contributed by atoms with Gasteiger partial charge in [0.25, 0.3) is 5.91 Å². The van der Waals surface area contributed by atoms with E-state index in [1.165, 1.54) is 29.8 Å². The number of rotatable bonds is 16. The normalized spacial score (nSPS) is 21.7. The zero-order chi connectivity index (χ0) is 42.7. The van der Waals surface area contributed by atoms with Crippen LogP contribution in [0.15, 0.2) is 31.0 Å². The number of methoxy groups -OCH3 is 1. The number of carbonyl (C=O) groups excluding carboxylic acids is 7.